The largest absolute Gasteiger partial charge is 0.496 e. The Balaban J connectivity index is 0.000000515. The number of hydrogen-bond donors (Lipinski definition) is 2. The SMILES string of the molecule is CC(=O)O.CC1=C(C#N)C(=C(C#N)C#N)OC1(C)C.CCCCN(CCCC)c1ccc(/C=C/C2=CC(=CC=CC3=C(C#N)C(=C(C#N)C#N)OC3(C)C)CC(C)(C)C2)c(OC)c1.CCCCN(CCCC)c1ccc(/C=C/C2=CC(=CC=O)CC(C)(C)C2)c(OC)c1.N. The van der Waals surface area contributed by atoms with Crippen molar-refractivity contribution < 1.29 is 33.6 Å². The van der Waals surface area contributed by atoms with Gasteiger partial charge < -0.3 is 40.0 Å². The number of methoxy groups -OCH3 is 2. The van der Waals surface area contributed by atoms with Gasteiger partial charge in [-0.3, -0.25) is 9.59 Å². The van der Waals surface area contributed by atoms with Crippen molar-refractivity contribution >= 4 is 35.8 Å². The van der Waals surface area contributed by atoms with Gasteiger partial charge in [0.2, 0.25) is 0 Å². The molecule has 94 heavy (non-hydrogen) atoms. The quantitative estimate of drug-likeness (QED) is 0.0594. The van der Waals surface area contributed by atoms with Crippen molar-refractivity contribution in [1.29, 1.82) is 31.6 Å². The third kappa shape index (κ3) is 24.5. The lowest BCUT2D eigenvalue weighted by atomic mass is 9.75. The Morgan fingerprint density at radius 1 is 0.574 bits per heavy atom. The maximum atomic E-state index is 10.9. The van der Waals surface area contributed by atoms with Crippen LogP contribution in [0, 0.1) is 78.8 Å². The average Bonchev–Trinajstić information content (AvgIpc) is 1.63. The van der Waals surface area contributed by atoms with Crippen LogP contribution in [0.2, 0.25) is 0 Å². The van der Waals surface area contributed by atoms with E-state index in [1.54, 1.807) is 53.2 Å². The Bertz CT molecular complexity index is 3550. The molecule has 0 unspecified atom stereocenters. The molecule has 2 aliphatic carbocycles. The smallest absolute Gasteiger partial charge is 0.300 e. The molecule has 16 nitrogen and oxygen atoms in total. The molecule has 2 aliphatic heterocycles. The van der Waals surface area contributed by atoms with Crippen molar-refractivity contribution in [2.75, 3.05) is 50.2 Å². The number of nitrogens with zero attached hydrogens (tertiary/aromatic N) is 8. The highest BCUT2D eigenvalue weighted by atomic mass is 16.5. The lowest BCUT2D eigenvalue weighted by Gasteiger charge is -2.30. The lowest BCUT2D eigenvalue weighted by molar-refractivity contribution is -0.134. The molecule has 0 aromatic heterocycles. The molecular weight excluding hydrogens is 1170 g/mol. The van der Waals surface area contributed by atoms with Crippen LogP contribution in [-0.4, -0.2) is 69.0 Å². The molecule has 0 spiro atoms. The number of rotatable bonds is 23. The maximum absolute atomic E-state index is 10.9. The van der Waals surface area contributed by atoms with Crippen LogP contribution in [0.25, 0.3) is 12.2 Å². The van der Waals surface area contributed by atoms with E-state index in [0.717, 1.165) is 98.8 Å². The van der Waals surface area contributed by atoms with Crippen molar-refractivity contribution in [2.24, 2.45) is 10.8 Å². The van der Waals surface area contributed by atoms with Gasteiger partial charge >= 0.3 is 0 Å². The van der Waals surface area contributed by atoms with Gasteiger partial charge in [-0.25, -0.2) is 0 Å². The minimum atomic E-state index is -0.833. The minimum Gasteiger partial charge on any atom is -0.496 e. The summed E-state index contributed by atoms with van der Waals surface area (Å²) in [5, 5.41) is 62.2. The van der Waals surface area contributed by atoms with Gasteiger partial charge in [-0.1, -0.05) is 136 Å². The lowest BCUT2D eigenvalue weighted by Crippen LogP contribution is -2.25. The Morgan fingerprint density at radius 2 is 0.947 bits per heavy atom. The van der Waals surface area contributed by atoms with Crippen LogP contribution >= 0.6 is 0 Å². The first-order chi connectivity index (χ1) is 44.1. The fraction of sp³-hybridized carbons (Fsp3) is 0.462. The zero-order valence-corrected chi connectivity index (χ0v) is 58.8. The summed E-state index contributed by atoms with van der Waals surface area (Å²) in [7, 11) is 3.48. The summed E-state index contributed by atoms with van der Waals surface area (Å²) in [5.41, 5.74) is 9.68. The predicted molar refractivity (Wildman–Crippen MR) is 378 cm³/mol. The zero-order valence-electron chi connectivity index (χ0n) is 58.8. The van der Waals surface area contributed by atoms with E-state index < -0.39 is 17.2 Å². The number of allylic oxidation sites excluding steroid dienone is 15. The molecule has 0 radical (unpaired) electrons. The molecular formula is C78H101N9O7. The molecule has 4 N–H and O–H groups in total. The second-order valence-corrected chi connectivity index (χ2v) is 26.0. The molecule has 0 amide bonds. The molecule has 6 rings (SSSR count). The Hall–Kier alpha value is -9.58. The summed E-state index contributed by atoms with van der Waals surface area (Å²) < 4.78 is 22.9. The van der Waals surface area contributed by atoms with Crippen LogP contribution in [0.15, 0.2) is 152 Å². The fourth-order valence-electron chi connectivity index (χ4n) is 11.2. The highest BCUT2D eigenvalue weighted by Crippen LogP contribution is 2.43. The van der Waals surface area contributed by atoms with Crippen LogP contribution in [0.1, 0.15) is 185 Å². The third-order valence-corrected chi connectivity index (χ3v) is 16.1. The standard InChI is InChI=1S/C38H46N4O2.C27H39NO2.C11H9N3O.C2H4O2.H3N/c1-8-10-19-42(20-11-9-2)32-18-17-30(35(22-32)43-7)16-15-29-21-28(23-37(3,4)24-29)13-12-14-34-33(27-41)36(31(25-39)26-40)44-38(34,5)6;1-6-8-15-28(16-9-7-2)25-13-12-24(26(19-25)30-5)11-10-22-18-23(14-17-29)21-27(3,4)20-22;1-7-9(6-14)10(8(4-12)5-13)15-11(7,2)3;1-2(3)4;/h12-18,21-22H,8-11,19-20,23-24H2,1-7H3;10-14,17-19H,6-9,15-16,20-21H2,1-5H3;1-3H3;1H3,(H,3,4);1H3/b14-12?,16-15+,28-13?;11-10+,23-14?;;;. The van der Waals surface area contributed by atoms with Crippen LogP contribution in [0.3, 0.4) is 0 Å². The average molecular weight is 1280 g/mol. The number of aliphatic carboxylic acids is 1. The third-order valence-electron chi connectivity index (χ3n) is 16.1. The van der Waals surface area contributed by atoms with Gasteiger partial charge in [0.1, 0.15) is 71.0 Å². The van der Waals surface area contributed by atoms with E-state index >= 15 is 0 Å². The number of anilines is 2. The summed E-state index contributed by atoms with van der Waals surface area (Å²) in [6.45, 7) is 32.4. The number of carbonyl (C=O) groups is 2. The number of ether oxygens (including phenoxy) is 4. The van der Waals surface area contributed by atoms with Crippen molar-refractivity contribution in [3.05, 3.63) is 163 Å². The molecule has 0 fully saturated rings. The van der Waals surface area contributed by atoms with E-state index in [0.29, 0.717) is 5.57 Å². The number of carbonyl (C=O) groups excluding carboxylic acids is 1. The Labute approximate surface area is 562 Å². The minimum absolute atomic E-state index is 0. The molecule has 2 aromatic carbocycles. The number of unbranched alkanes of at least 4 members (excludes halogenated alkanes) is 4. The molecule has 0 atom stereocenters. The van der Waals surface area contributed by atoms with E-state index in [1.165, 1.54) is 79.5 Å². The summed E-state index contributed by atoms with van der Waals surface area (Å²) >= 11 is 0. The second kappa shape index (κ2) is 39.1. The summed E-state index contributed by atoms with van der Waals surface area (Å²) in [4.78, 5) is 24.9. The van der Waals surface area contributed by atoms with Crippen molar-refractivity contribution in [1.82, 2.24) is 6.15 Å². The number of aldehydes is 1. The van der Waals surface area contributed by atoms with Gasteiger partial charge in [-0.2, -0.15) is 31.6 Å². The molecule has 0 saturated carbocycles. The Morgan fingerprint density at radius 3 is 1.30 bits per heavy atom. The number of benzene rings is 2. The normalized spacial score (nSPS) is 17.0. The van der Waals surface area contributed by atoms with Crippen LogP contribution < -0.4 is 25.4 Å². The van der Waals surface area contributed by atoms with Crippen molar-refractivity contribution in [3.8, 4) is 47.9 Å². The number of hydrogen-bond acceptors (Lipinski definition) is 15. The van der Waals surface area contributed by atoms with E-state index in [4.69, 9.17) is 44.6 Å². The van der Waals surface area contributed by atoms with Crippen LogP contribution in [0.5, 0.6) is 11.5 Å². The van der Waals surface area contributed by atoms with Crippen molar-refractivity contribution in [2.45, 2.75) is 185 Å². The highest BCUT2D eigenvalue weighted by Gasteiger charge is 2.39. The first-order valence-electron chi connectivity index (χ1n) is 32.2. The van der Waals surface area contributed by atoms with Gasteiger partial charge in [0.15, 0.2) is 22.7 Å². The molecule has 16 heteroatoms. The van der Waals surface area contributed by atoms with Gasteiger partial charge in [0.25, 0.3) is 5.97 Å². The molecule has 4 aliphatic rings. The summed E-state index contributed by atoms with van der Waals surface area (Å²) in [5.74, 6) is 1.10. The maximum Gasteiger partial charge on any atom is 0.300 e. The molecule has 0 bridgehead atoms. The van der Waals surface area contributed by atoms with Gasteiger partial charge in [-0.15, -0.1) is 0 Å². The van der Waals surface area contributed by atoms with E-state index in [1.807, 2.05) is 44.2 Å². The molecule has 2 heterocycles. The van der Waals surface area contributed by atoms with Gasteiger partial charge in [-0.05, 0) is 155 Å². The van der Waals surface area contributed by atoms with Gasteiger partial charge in [0.05, 0.1) is 19.8 Å². The number of carboxylic acid groups (broad SMARTS) is 1. The first-order valence-corrected chi connectivity index (χ1v) is 32.2. The van der Waals surface area contributed by atoms with E-state index in [2.05, 4.69) is 150 Å². The highest BCUT2D eigenvalue weighted by molar-refractivity contribution is 5.70. The first kappa shape index (κ1) is 80.5. The molecule has 2 aromatic rings. The summed E-state index contributed by atoms with van der Waals surface area (Å²) in [6, 6.07) is 24.3. The predicted octanol–water partition coefficient (Wildman–Crippen LogP) is 18.5. The monoisotopic (exact) mass is 1280 g/mol. The zero-order chi connectivity index (χ0) is 69.5. The molecule has 0 saturated heterocycles. The number of carboxylic acids is 1. The van der Waals surface area contributed by atoms with Crippen molar-refractivity contribution in [3.63, 3.8) is 0 Å². The van der Waals surface area contributed by atoms with E-state index in [9.17, 15) is 20.6 Å². The van der Waals surface area contributed by atoms with Gasteiger partial charge in [0, 0.05) is 73.3 Å². The molecule has 500 valence electrons. The summed E-state index contributed by atoms with van der Waals surface area (Å²) in [6.07, 6.45) is 34.8. The topological polar surface area (TPSA) is 276 Å². The van der Waals surface area contributed by atoms with E-state index in [-0.39, 0.29) is 50.8 Å². The fourth-order valence-corrected chi connectivity index (χ4v) is 11.2. The van der Waals surface area contributed by atoms with Crippen LogP contribution in [0.4, 0.5) is 11.4 Å². The van der Waals surface area contributed by atoms with Crippen LogP contribution in [-0.2, 0) is 19.1 Å². The number of nitriles is 6. The Kier molecular flexibility index (Phi) is 33.5. The second-order valence-electron chi connectivity index (χ2n) is 26.0.